The van der Waals surface area contributed by atoms with Crippen molar-refractivity contribution >= 4 is 29.1 Å². The topological polar surface area (TPSA) is 86.7 Å². The number of amides is 2. The third-order valence-corrected chi connectivity index (χ3v) is 5.10. The van der Waals surface area contributed by atoms with Gasteiger partial charge in [-0.1, -0.05) is 13.0 Å². The third kappa shape index (κ3) is 4.54. The molecule has 0 bridgehead atoms. The van der Waals surface area contributed by atoms with Gasteiger partial charge in [0.15, 0.2) is 0 Å². The van der Waals surface area contributed by atoms with Crippen molar-refractivity contribution in [3.8, 4) is 0 Å². The lowest BCUT2D eigenvalue weighted by Gasteiger charge is -2.36. The van der Waals surface area contributed by atoms with Crippen molar-refractivity contribution in [2.75, 3.05) is 6.54 Å². The molecular formula is C16H22N2O4S. The van der Waals surface area contributed by atoms with E-state index in [0.717, 1.165) is 11.3 Å². The molecule has 3 unspecified atom stereocenters. The van der Waals surface area contributed by atoms with Crippen LogP contribution < -0.4 is 5.32 Å². The van der Waals surface area contributed by atoms with Crippen molar-refractivity contribution in [2.45, 2.75) is 45.2 Å². The molecule has 1 aliphatic heterocycles. The number of aliphatic carboxylic acids is 1. The second-order valence-corrected chi connectivity index (χ2v) is 7.02. The highest BCUT2D eigenvalue weighted by atomic mass is 32.1. The first kappa shape index (κ1) is 17.5. The first-order valence-electron chi connectivity index (χ1n) is 7.71. The van der Waals surface area contributed by atoms with Crippen LogP contribution in [0.2, 0.25) is 0 Å². The summed E-state index contributed by atoms with van der Waals surface area (Å²) in [4.78, 5) is 37.8. The summed E-state index contributed by atoms with van der Waals surface area (Å²) in [5.74, 6) is -1.10. The molecule has 1 aromatic rings. The van der Waals surface area contributed by atoms with E-state index < -0.39 is 18.1 Å². The Labute approximate surface area is 139 Å². The largest absolute Gasteiger partial charge is 0.480 e. The molecule has 126 valence electrons. The molecule has 2 amide bonds. The van der Waals surface area contributed by atoms with E-state index in [0.29, 0.717) is 18.9 Å². The maximum Gasteiger partial charge on any atom is 0.326 e. The van der Waals surface area contributed by atoms with Crippen molar-refractivity contribution < 1.29 is 19.5 Å². The van der Waals surface area contributed by atoms with Crippen molar-refractivity contribution in [3.63, 3.8) is 0 Å². The molecule has 0 saturated carbocycles. The van der Waals surface area contributed by atoms with Gasteiger partial charge in [0, 0.05) is 18.3 Å². The Morgan fingerprint density at radius 2 is 2.22 bits per heavy atom. The Balaban J connectivity index is 2.11. The van der Waals surface area contributed by atoms with Gasteiger partial charge in [0.2, 0.25) is 11.8 Å². The van der Waals surface area contributed by atoms with Crippen LogP contribution in [0.1, 0.15) is 44.0 Å². The molecule has 2 heterocycles. The first-order valence-corrected chi connectivity index (χ1v) is 8.59. The van der Waals surface area contributed by atoms with Crippen molar-refractivity contribution in [3.05, 3.63) is 22.4 Å². The van der Waals surface area contributed by atoms with Crippen LogP contribution in [-0.4, -0.2) is 40.4 Å². The van der Waals surface area contributed by atoms with Gasteiger partial charge in [0.1, 0.15) is 6.04 Å². The Bertz CT molecular complexity index is 573. The Kier molecular flexibility index (Phi) is 5.76. The number of piperidine rings is 1. The molecule has 1 saturated heterocycles. The van der Waals surface area contributed by atoms with E-state index in [4.69, 9.17) is 0 Å². The van der Waals surface area contributed by atoms with Crippen LogP contribution in [0, 0.1) is 5.92 Å². The summed E-state index contributed by atoms with van der Waals surface area (Å²) in [6, 6.07) is 2.55. The number of carboxylic acids is 1. The molecular weight excluding hydrogens is 316 g/mol. The lowest BCUT2D eigenvalue weighted by atomic mass is 9.92. The average Bonchev–Trinajstić information content (AvgIpc) is 2.99. The fourth-order valence-corrected chi connectivity index (χ4v) is 3.70. The highest BCUT2D eigenvalue weighted by Gasteiger charge is 2.35. The summed E-state index contributed by atoms with van der Waals surface area (Å²) in [5.41, 5.74) is 0. The van der Waals surface area contributed by atoms with E-state index in [1.807, 2.05) is 24.4 Å². The van der Waals surface area contributed by atoms with Gasteiger partial charge in [-0.3, -0.25) is 9.59 Å². The summed E-state index contributed by atoms with van der Waals surface area (Å²) >= 11 is 1.47. The molecule has 0 aromatic carbocycles. The highest BCUT2D eigenvalue weighted by molar-refractivity contribution is 7.10. The van der Waals surface area contributed by atoms with Crippen LogP contribution >= 0.6 is 11.3 Å². The summed E-state index contributed by atoms with van der Waals surface area (Å²) < 4.78 is 0. The number of carbonyl (C=O) groups is 3. The lowest BCUT2D eigenvalue weighted by molar-refractivity contribution is -0.153. The molecule has 2 rings (SSSR count). The fraction of sp³-hybridized carbons (Fsp3) is 0.562. The predicted molar refractivity (Wildman–Crippen MR) is 87.0 cm³/mol. The van der Waals surface area contributed by atoms with Crippen LogP contribution in [-0.2, 0) is 14.4 Å². The number of thiophene rings is 1. The molecule has 23 heavy (non-hydrogen) atoms. The molecule has 3 atom stereocenters. The van der Waals surface area contributed by atoms with E-state index in [1.165, 1.54) is 23.2 Å². The zero-order valence-corrected chi connectivity index (χ0v) is 14.1. The van der Waals surface area contributed by atoms with E-state index in [2.05, 4.69) is 5.32 Å². The van der Waals surface area contributed by atoms with Gasteiger partial charge < -0.3 is 15.3 Å². The smallest absolute Gasteiger partial charge is 0.326 e. The van der Waals surface area contributed by atoms with Gasteiger partial charge in [0.25, 0.3) is 0 Å². The van der Waals surface area contributed by atoms with E-state index in [1.54, 1.807) is 0 Å². The van der Waals surface area contributed by atoms with Gasteiger partial charge in [-0.15, -0.1) is 11.3 Å². The van der Waals surface area contributed by atoms with Gasteiger partial charge in [-0.25, -0.2) is 4.79 Å². The number of nitrogens with zero attached hydrogens (tertiary/aromatic N) is 1. The molecule has 0 aliphatic carbocycles. The minimum Gasteiger partial charge on any atom is -0.480 e. The maximum atomic E-state index is 12.6. The highest BCUT2D eigenvalue weighted by Crippen LogP contribution is 2.27. The zero-order chi connectivity index (χ0) is 17.0. The normalized spacial score (nSPS) is 22.4. The summed E-state index contributed by atoms with van der Waals surface area (Å²) in [5, 5.41) is 14.0. The maximum absolute atomic E-state index is 12.6. The van der Waals surface area contributed by atoms with Crippen LogP contribution in [0.3, 0.4) is 0 Å². The minimum atomic E-state index is -0.961. The van der Waals surface area contributed by atoms with Crippen molar-refractivity contribution in [1.82, 2.24) is 10.2 Å². The average molecular weight is 338 g/mol. The van der Waals surface area contributed by atoms with E-state index >= 15 is 0 Å². The lowest BCUT2D eigenvalue weighted by Crippen LogP contribution is -2.50. The molecule has 2 N–H and O–H groups in total. The van der Waals surface area contributed by atoms with E-state index in [9.17, 15) is 19.5 Å². The molecule has 1 aliphatic rings. The number of hydrogen-bond acceptors (Lipinski definition) is 4. The van der Waals surface area contributed by atoms with Crippen LogP contribution in [0.4, 0.5) is 0 Å². The Morgan fingerprint density at radius 3 is 2.78 bits per heavy atom. The summed E-state index contributed by atoms with van der Waals surface area (Å²) in [6.07, 6.45) is 1.36. The molecule has 1 aromatic heterocycles. The zero-order valence-electron chi connectivity index (χ0n) is 13.3. The second-order valence-electron chi connectivity index (χ2n) is 6.04. The first-order chi connectivity index (χ1) is 10.9. The van der Waals surface area contributed by atoms with Gasteiger partial charge in [-0.05, 0) is 30.2 Å². The monoisotopic (exact) mass is 338 g/mol. The number of carbonyl (C=O) groups excluding carboxylic acids is 2. The number of likely N-dealkylation sites (tertiary alicyclic amines) is 1. The van der Waals surface area contributed by atoms with Crippen LogP contribution in [0.25, 0.3) is 0 Å². The molecule has 6 nitrogen and oxygen atoms in total. The second kappa shape index (κ2) is 7.59. The number of nitrogens with one attached hydrogen (secondary N) is 1. The summed E-state index contributed by atoms with van der Waals surface area (Å²) in [6.45, 7) is 3.87. The molecule has 1 fully saturated rings. The standard InChI is InChI=1S/C16H22N2O4S/c1-10-5-6-18(13(8-10)16(21)22)15(20)9-12(17-11(2)19)14-4-3-7-23-14/h3-4,7,10,12-13H,5-6,8-9H2,1-2H3,(H,17,19)(H,21,22). The number of rotatable bonds is 5. The fourth-order valence-electron chi connectivity index (χ4n) is 2.92. The van der Waals surface area contributed by atoms with Gasteiger partial charge in [0.05, 0.1) is 12.5 Å². The van der Waals surface area contributed by atoms with Gasteiger partial charge >= 0.3 is 5.97 Å². The Hall–Kier alpha value is -1.89. The summed E-state index contributed by atoms with van der Waals surface area (Å²) in [7, 11) is 0. The quantitative estimate of drug-likeness (QED) is 0.860. The van der Waals surface area contributed by atoms with Crippen LogP contribution in [0.5, 0.6) is 0 Å². The Morgan fingerprint density at radius 1 is 1.48 bits per heavy atom. The molecule has 7 heteroatoms. The SMILES string of the molecule is CC(=O)NC(CC(=O)N1CCC(C)CC1C(=O)O)c1cccs1. The predicted octanol–water partition coefficient (Wildman–Crippen LogP) is 2.03. The van der Waals surface area contributed by atoms with Crippen molar-refractivity contribution in [2.24, 2.45) is 5.92 Å². The minimum absolute atomic E-state index is 0.0816. The van der Waals surface area contributed by atoms with Crippen LogP contribution in [0.15, 0.2) is 17.5 Å². The van der Waals surface area contributed by atoms with Crippen molar-refractivity contribution in [1.29, 1.82) is 0 Å². The van der Waals surface area contributed by atoms with Gasteiger partial charge in [-0.2, -0.15) is 0 Å². The molecule has 0 spiro atoms. The number of carboxylic acid groups (broad SMARTS) is 1. The third-order valence-electron chi connectivity index (χ3n) is 4.11. The van der Waals surface area contributed by atoms with E-state index in [-0.39, 0.29) is 18.2 Å². The number of hydrogen-bond donors (Lipinski definition) is 2. The molecule has 0 radical (unpaired) electrons.